The van der Waals surface area contributed by atoms with Crippen molar-refractivity contribution in [2.75, 3.05) is 26.3 Å². The third-order valence-corrected chi connectivity index (χ3v) is 3.95. The zero-order valence-electron chi connectivity index (χ0n) is 12.6. The van der Waals surface area contributed by atoms with Gasteiger partial charge in [0.15, 0.2) is 0 Å². The summed E-state index contributed by atoms with van der Waals surface area (Å²) in [5.41, 5.74) is 1.02. The van der Waals surface area contributed by atoms with Crippen molar-refractivity contribution >= 4 is 5.91 Å². The van der Waals surface area contributed by atoms with Crippen molar-refractivity contribution in [3.8, 4) is 0 Å². The highest BCUT2D eigenvalue weighted by molar-refractivity contribution is 5.79. The lowest BCUT2D eigenvalue weighted by atomic mass is 10.1. The van der Waals surface area contributed by atoms with Crippen molar-refractivity contribution in [2.24, 2.45) is 5.92 Å². The van der Waals surface area contributed by atoms with Crippen molar-refractivity contribution in [3.05, 3.63) is 23.8 Å². The number of hydrogen-bond acceptors (Lipinski definition) is 5. The average molecular weight is 290 g/mol. The predicted octanol–water partition coefficient (Wildman–Crippen LogP) is 0.547. The average Bonchev–Trinajstić information content (AvgIpc) is 2.68. The molecule has 1 aromatic rings. The Kier molecular flexibility index (Phi) is 4.17. The van der Waals surface area contributed by atoms with Crippen LogP contribution in [0, 0.1) is 5.92 Å². The molecule has 2 atom stereocenters. The first kappa shape index (κ1) is 14.4. The summed E-state index contributed by atoms with van der Waals surface area (Å²) in [5.74, 6) is 1.24. The highest BCUT2D eigenvalue weighted by Crippen LogP contribution is 2.16. The lowest BCUT2D eigenvalue weighted by molar-refractivity contribution is -0.125. The van der Waals surface area contributed by atoms with Crippen LogP contribution in [0.1, 0.15) is 31.3 Å². The van der Waals surface area contributed by atoms with Gasteiger partial charge in [0, 0.05) is 31.7 Å². The largest absolute Gasteiger partial charge is 0.378 e. The normalized spacial score (nSPS) is 26.5. The lowest BCUT2D eigenvalue weighted by Crippen LogP contribution is -2.41. The molecule has 2 saturated heterocycles. The van der Waals surface area contributed by atoms with E-state index in [2.05, 4.69) is 34.0 Å². The Morgan fingerprint density at radius 3 is 3.10 bits per heavy atom. The number of carbonyl (C=O) groups excluding carboxylic acids is 1. The Bertz CT molecular complexity index is 520. The van der Waals surface area contributed by atoms with Crippen LogP contribution in [-0.2, 0) is 16.1 Å². The Morgan fingerprint density at radius 2 is 2.29 bits per heavy atom. The van der Waals surface area contributed by atoms with Crippen LogP contribution in [0.4, 0.5) is 0 Å². The zero-order valence-corrected chi connectivity index (χ0v) is 12.6. The van der Waals surface area contributed by atoms with Crippen molar-refractivity contribution in [2.45, 2.75) is 32.4 Å². The van der Waals surface area contributed by atoms with Gasteiger partial charge in [0.05, 0.1) is 30.9 Å². The van der Waals surface area contributed by atoms with Gasteiger partial charge in [-0.15, -0.1) is 0 Å². The topological polar surface area (TPSA) is 67.4 Å². The third kappa shape index (κ3) is 3.39. The molecule has 1 N–H and O–H groups in total. The van der Waals surface area contributed by atoms with Crippen molar-refractivity contribution < 1.29 is 9.53 Å². The van der Waals surface area contributed by atoms with E-state index in [0.717, 1.165) is 31.2 Å². The monoisotopic (exact) mass is 290 g/mol. The quantitative estimate of drug-likeness (QED) is 0.880. The maximum Gasteiger partial charge on any atom is 0.227 e. The molecule has 0 radical (unpaired) electrons. The molecule has 1 amide bonds. The summed E-state index contributed by atoms with van der Waals surface area (Å²) < 4.78 is 5.55. The maximum absolute atomic E-state index is 12.0. The third-order valence-electron chi connectivity index (χ3n) is 3.95. The Morgan fingerprint density at radius 1 is 1.43 bits per heavy atom. The summed E-state index contributed by atoms with van der Waals surface area (Å²) in [4.78, 5) is 23.2. The van der Waals surface area contributed by atoms with E-state index in [1.165, 1.54) is 0 Å². The number of carbonyl (C=O) groups is 1. The molecule has 2 fully saturated rings. The SMILES string of the molecule is CC(C)c1nccc(CN2C[C@H]3COC[C@@H](C2)C(=O)N3)n1. The van der Waals surface area contributed by atoms with E-state index in [9.17, 15) is 4.79 Å². The van der Waals surface area contributed by atoms with Crippen LogP contribution in [-0.4, -0.2) is 53.1 Å². The van der Waals surface area contributed by atoms with E-state index in [4.69, 9.17) is 4.74 Å². The second-order valence-electron chi connectivity index (χ2n) is 6.19. The van der Waals surface area contributed by atoms with Crippen LogP contribution >= 0.6 is 0 Å². The molecule has 3 heterocycles. The van der Waals surface area contributed by atoms with Crippen LogP contribution < -0.4 is 5.32 Å². The van der Waals surface area contributed by atoms with Gasteiger partial charge in [-0.25, -0.2) is 9.97 Å². The first-order valence-electron chi connectivity index (χ1n) is 7.54. The van der Waals surface area contributed by atoms with Crippen LogP contribution in [0.15, 0.2) is 12.3 Å². The summed E-state index contributed by atoms with van der Waals surface area (Å²) in [6.07, 6.45) is 1.82. The predicted molar refractivity (Wildman–Crippen MR) is 77.6 cm³/mol. The van der Waals surface area contributed by atoms with Gasteiger partial charge in [-0.3, -0.25) is 9.69 Å². The van der Waals surface area contributed by atoms with E-state index in [1.54, 1.807) is 0 Å². The van der Waals surface area contributed by atoms with Gasteiger partial charge >= 0.3 is 0 Å². The van der Waals surface area contributed by atoms with E-state index in [-0.39, 0.29) is 17.9 Å². The van der Waals surface area contributed by atoms with Gasteiger partial charge in [-0.2, -0.15) is 0 Å². The van der Waals surface area contributed by atoms with Gasteiger partial charge in [0.1, 0.15) is 5.82 Å². The Balaban J connectivity index is 1.73. The van der Waals surface area contributed by atoms with Crippen LogP contribution in [0.2, 0.25) is 0 Å². The van der Waals surface area contributed by atoms with E-state index in [0.29, 0.717) is 19.1 Å². The molecule has 0 unspecified atom stereocenters. The zero-order chi connectivity index (χ0) is 14.8. The Labute approximate surface area is 124 Å². The first-order chi connectivity index (χ1) is 10.1. The summed E-state index contributed by atoms with van der Waals surface area (Å²) in [7, 11) is 0. The fraction of sp³-hybridized carbons (Fsp3) is 0.667. The molecule has 2 aliphatic heterocycles. The highest BCUT2D eigenvalue weighted by atomic mass is 16.5. The number of fused-ring (bicyclic) bond motifs is 3. The van der Waals surface area contributed by atoms with Gasteiger partial charge in [0.2, 0.25) is 5.91 Å². The van der Waals surface area contributed by atoms with Crippen molar-refractivity contribution in [3.63, 3.8) is 0 Å². The molecule has 0 saturated carbocycles. The molecule has 0 spiro atoms. The molecule has 6 heteroatoms. The van der Waals surface area contributed by atoms with Gasteiger partial charge < -0.3 is 10.1 Å². The molecule has 3 rings (SSSR count). The fourth-order valence-electron chi connectivity index (χ4n) is 2.86. The number of nitrogens with zero attached hydrogens (tertiary/aromatic N) is 3. The highest BCUT2D eigenvalue weighted by Gasteiger charge is 2.33. The van der Waals surface area contributed by atoms with Crippen LogP contribution in [0.5, 0.6) is 0 Å². The summed E-state index contributed by atoms with van der Waals surface area (Å²) in [5, 5.41) is 3.05. The molecule has 114 valence electrons. The standard InChI is InChI=1S/C15H22N4O2/c1-10(2)14-16-4-3-12(17-14)6-19-5-11-8-21-9-13(7-19)18-15(11)20/h3-4,10-11,13H,5-9H2,1-2H3,(H,18,20)/t11-,13+/m1/s1. The number of aromatic nitrogens is 2. The molecule has 6 nitrogen and oxygen atoms in total. The van der Waals surface area contributed by atoms with Crippen molar-refractivity contribution in [1.29, 1.82) is 0 Å². The molecule has 2 bridgehead atoms. The van der Waals surface area contributed by atoms with E-state index in [1.807, 2.05) is 12.3 Å². The van der Waals surface area contributed by atoms with E-state index < -0.39 is 0 Å². The summed E-state index contributed by atoms with van der Waals surface area (Å²) >= 11 is 0. The molecular weight excluding hydrogens is 268 g/mol. The van der Waals surface area contributed by atoms with Gasteiger partial charge in [0.25, 0.3) is 0 Å². The second kappa shape index (κ2) is 6.07. The number of ether oxygens (including phenoxy) is 1. The summed E-state index contributed by atoms with van der Waals surface area (Å²) in [6, 6.07) is 2.04. The smallest absolute Gasteiger partial charge is 0.227 e. The van der Waals surface area contributed by atoms with E-state index >= 15 is 0 Å². The molecule has 1 aromatic heterocycles. The second-order valence-corrected chi connectivity index (χ2v) is 6.19. The Hall–Kier alpha value is -1.53. The number of nitrogens with one attached hydrogen (secondary N) is 1. The van der Waals surface area contributed by atoms with Crippen LogP contribution in [0.25, 0.3) is 0 Å². The minimum Gasteiger partial charge on any atom is -0.378 e. The molecule has 0 aromatic carbocycles. The molecular formula is C15H22N4O2. The van der Waals surface area contributed by atoms with Gasteiger partial charge in [-0.05, 0) is 6.07 Å². The molecule has 2 aliphatic rings. The number of hydrogen-bond donors (Lipinski definition) is 1. The number of amides is 1. The maximum atomic E-state index is 12.0. The fourth-order valence-corrected chi connectivity index (χ4v) is 2.86. The minimum atomic E-state index is -0.0797. The van der Waals surface area contributed by atoms with Crippen molar-refractivity contribution in [1.82, 2.24) is 20.2 Å². The summed E-state index contributed by atoms with van der Waals surface area (Å²) in [6.45, 7) is 7.58. The lowest BCUT2D eigenvalue weighted by Gasteiger charge is -2.27. The minimum absolute atomic E-state index is 0.0797. The van der Waals surface area contributed by atoms with Gasteiger partial charge in [-0.1, -0.05) is 13.8 Å². The molecule has 0 aliphatic carbocycles. The van der Waals surface area contributed by atoms with Crippen LogP contribution in [0.3, 0.4) is 0 Å². The first-order valence-corrected chi connectivity index (χ1v) is 7.54. The molecule has 21 heavy (non-hydrogen) atoms. The number of rotatable bonds is 3.